The van der Waals surface area contributed by atoms with Crippen molar-refractivity contribution in [1.82, 2.24) is 10.2 Å². The van der Waals surface area contributed by atoms with E-state index < -0.39 is 37.4 Å². The average molecular weight is 488 g/mol. The van der Waals surface area contributed by atoms with E-state index in [9.17, 15) is 31.1 Å². The molecule has 1 saturated heterocycles. The molecule has 2 N–H and O–H groups in total. The number of halogens is 6. The molecule has 1 aliphatic heterocycles. The van der Waals surface area contributed by atoms with Gasteiger partial charge in [0, 0.05) is 26.6 Å². The predicted molar refractivity (Wildman–Crippen MR) is 105 cm³/mol. The molecule has 1 atom stereocenters. The highest BCUT2D eigenvalue weighted by Crippen LogP contribution is 2.29. The van der Waals surface area contributed by atoms with Crippen LogP contribution in [0.25, 0.3) is 0 Å². The lowest BCUT2D eigenvalue weighted by Crippen LogP contribution is -2.44. The molecule has 2 rings (SSSR count). The van der Waals surface area contributed by atoms with Crippen molar-refractivity contribution >= 4 is 11.9 Å². The maximum Gasteiger partial charge on any atom is 0.422 e. The highest BCUT2D eigenvalue weighted by Gasteiger charge is 2.31. The standard InChI is InChI=1S/C18H22F6N2O3.C2H4O2/c1-26(9-12-4-2-3-7-25-12)16(27)14-8-13(28-10-17(19,20)21)5-6-15(14)29-11-18(22,23)24;1-2(3)4/h5-6,8,12,25H,2-4,7,9-11H2,1H3;1H3,(H,3,4). The van der Waals surface area contributed by atoms with Gasteiger partial charge in [0.05, 0.1) is 5.56 Å². The second-order valence-corrected chi connectivity index (χ2v) is 7.32. The van der Waals surface area contributed by atoms with Crippen molar-refractivity contribution in [3.63, 3.8) is 0 Å². The van der Waals surface area contributed by atoms with Crippen LogP contribution in [0.15, 0.2) is 18.2 Å². The number of amides is 1. The Morgan fingerprint density at radius 1 is 1.09 bits per heavy atom. The Hall–Kier alpha value is -2.70. The van der Waals surface area contributed by atoms with Crippen LogP contribution in [0.1, 0.15) is 36.5 Å². The third-order valence-corrected chi connectivity index (χ3v) is 4.23. The van der Waals surface area contributed by atoms with Crippen molar-refractivity contribution in [1.29, 1.82) is 0 Å². The van der Waals surface area contributed by atoms with E-state index in [1.807, 2.05) is 0 Å². The van der Waals surface area contributed by atoms with Crippen LogP contribution in [0.5, 0.6) is 11.5 Å². The molecule has 0 radical (unpaired) electrons. The Bertz CT molecular complexity index is 775. The van der Waals surface area contributed by atoms with Crippen LogP contribution in [-0.4, -0.2) is 73.6 Å². The van der Waals surface area contributed by atoms with Gasteiger partial charge >= 0.3 is 12.4 Å². The lowest BCUT2D eigenvalue weighted by Gasteiger charge is -2.28. The number of hydrogen-bond acceptors (Lipinski definition) is 5. The Morgan fingerprint density at radius 2 is 1.67 bits per heavy atom. The first kappa shape index (κ1) is 28.3. The molecule has 13 heteroatoms. The molecule has 7 nitrogen and oxygen atoms in total. The summed E-state index contributed by atoms with van der Waals surface area (Å²) < 4.78 is 83.9. The summed E-state index contributed by atoms with van der Waals surface area (Å²) in [7, 11) is 1.47. The number of nitrogens with one attached hydrogen (secondary N) is 1. The fourth-order valence-corrected chi connectivity index (χ4v) is 2.92. The second kappa shape index (κ2) is 12.5. The maximum absolute atomic E-state index is 12.8. The van der Waals surface area contributed by atoms with Gasteiger partial charge in [-0.25, -0.2) is 0 Å². The molecule has 1 aromatic rings. The van der Waals surface area contributed by atoms with E-state index in [0.717, 1.165) is 50.9 Å². The Labute approximate surface area is 186 Å². The number of carboxylic acids is 1. The summed E-state index contributed by atoms with van der Waals surface area (Å²) in [5, 5.41) is 10.7. The summed E-state index contributed by atoms with van der Waals surface area (Å²) in [6, 6.07) is 3.01. The number of alkyl halides is 6. The van der Waals surface area contributed by atoms with Gasteiger partial charge in [0.1, 0.15) is 11.5 Å². The molecule has 0 aliphatic carbocycles. The Kier molecular flexibility index (Phi) is 10.7. The maximum atomic E-state index is 12.8. The number of carbonyl (C=O) groups excluding carboxylic acids is 1. The van der Waals surface area contributed by atoms with Crippen LogP contribution in [0.2, 0.25) is 0 Å². The quantitative estimate of drug-likeness (QED) is 0.567. The van der Waals surface area contributed by atoms with Crippen molar-refractivity contribution in [2.24, 2.45) is 0 Å². The van der Waals surface area contributed by atoms with E-state index in [0.29, 0.717) is 6.54 Å². The third-order valence-electron chi connectivity index (χ3n) is 4.23. The second-order valence-electron chi connectivity index (χ2n) is 7.32. The molecule has 0 saturated carbocycles. The van der Waals surface area contributed by atoms with Gasteiger partial charge in [-0.05, 0) is 37.6 Å². The van der Waals surface area contributed by atoms with E-state index in [1.54, 1.807) is 0 Å². The van der Waals surface area contributed by atoms with E-state index >= 15 is 0 Å². The van der Waals surface area contributed by atoms with Gasteiger partial charge in [0.15, 0.2) is 13.2 Å². The third kappa shape index (κ3) is 12.2. The summed E-state index contributed by atoms with van der Waals surface area (Å²) in [5.41, 5.74) is -0.299. The zero-order chi connectivity index (χ0) is 25.2. The molecule has 188 valence electrons. The van der Waals surface area contributed by atoms with Crippen LogP contribution in [-0.2, 0) is 4.79 Å². The molecule has 1 aliphatic rings. The number of carboxylic acid groups (broad SMARTS) is 1. The lowest BCUT2D eigenvalue weighted by molar-refractivity contribution is -0.154. The van der Waals surface area contributed by atoms with Gasteiger partial charge < -0.3 is 24.8 Å². The topological polar surface area (TPSA) is 88.1 Å². The first-order chi connectivity index (χ1) is 15.2. The molecule has 0 aromatic heterocycles. The van der Waals surface area contributed by atoms with Crippen LogP contribution in [0, 0.1) is 0 Å². The highest BCUT2D eigenvalue weighted by atomic mass is 19.4. The summed E-state index contributed by atoms with van der Waals surface area (Å²) >= 11 is 0. The van der Waals surface area contributed by atoms with Gasteiger partial charge in [-0.1, -0.05) is 6.42 Å². The van der Waals surface area contributed by atoms with Gasteiger partial charge in [-0.3, -0.25) is 9.59 Å². The summed E-state index contributed by atoms with van der Waals surface area (Å²) in [6.45, 7) is -1.05. The average Bonchev–Trinajstić information content (AvgIpc) is 2.69. The minimum absolute atomic E-state index is 0.0295. The van der Waals surface area contributed by atoms with Crippen LogP contribution in [0.4, 0.5) is 26.3 Å². The van der Waals surface area contributed by atoms with Gasteiger partial charge in [0.25, 0.3) is 11.9 Å². The fraction of sp³-hybridized carbons (Fsp3) is 0.600. The minimum atomic E-state index is -4.64. The van der Waals surface area contributed by atoms with E-state index in [1.165, 1.54) is 11.9 Å². The lowest BCUT2D eigenvalue weighted by atomic mass is 10.0. The molecule has 1 amide bonds. The summed E-state index contributed by atoms with van der Waals surface area (Å²) in [5.74, 6) is -2.18. The molecular formula is C20H26F6N2O5. The molecular weight excluding hydrogens is 462 g/mol. The van der Waals surface area contributed by atoms with E-state index in [2.05, 4.69) is 10.1 Å². The van der Waals surface area contributed by atoms with Crippen molar-refractivity contribution in [3.05, 3.63) is 23.8 Å². The van der Waals surface area contributed by atoms with Gasteiger partial charge in [-0.2, -0.15) is 26.3 Å². The van der Waals surface area contributed by atoms with E-state index in [4.69, 9.17) is 14.6 Å². The number of nitrogens with zero attached hydrogens (tertiary/aromatic N) is 1. The van der Waals surface area contributed by atoms with Crippen molar-refractivity contribution in [2.45, 2.75) is 44.6 Å². The van der Waals surface area contributed by atoms with Gasteiger partial charge in [0.2, 0.25) is 0 Å². The van der Waals surface area contributed by atoms with Crippen molar-refractivity contribution < 1.29 is 50.5 Å². The first-order valence-electron chi connectivity index (χ1n) is 9.89. The molecule has 1 aromatic carbocycles. The van der Waals surface area contributed by atoms with Crippen molar-refractivity contribution in [2.75, 3.05) is 33.4 Å². The molecule has 0 bridgehead atoms. The normalized spacial score (nSPS) is 16.3. The molecule has 1 fully saturated rings. The smallest absolute Gasteiger partial charge is 0.422 e. The largest absolute Gasteiger partial charge is 0.484 e. The number of likely N-dealkylation sites (N-methyl/N-ethyl adjacent to an activating group) is 1. The first-order valence-corrected chi connectivity index (χ1v) is 9.89. The summed E-state index contributed by atoms with van der Waals surface area (Å²) in [6.07, 6.45) is -6.39. The monoisotopic (exact) mass is 488 g/mol. The van der Waals surface area contributed by atoms with Crippen LogP contribution in [0.3, 0.4) is 0 Å². The van der Waals surface area contributed by atoms with Gasteiger partial charge in [-0.15, -0.1) is 0 Å². The number of hydrogen-bond donors (Lipinski definition) is 2. The molecule has 1 heterocycles. The number of rotatable bonds is 7. The molecule has 33 heavy (non-hydrogen) atoms. The number of benzene rings is 1. The summed E-state index contributed by atoms with van der Waals surface area (Å²) in [4.78, 5) is 23.1. The van der Waals surface area contributed by atoms with Crippen molar-refractivity contribution in [3.8, 4) is 11.5 Å². The fourth-order valence-electron chi connectivity index (χ4n) is 2.92. The Balaban J connectivity index is 0.00000125. The zero-order valence-electron chi connectivity index (χ0n) is 18.1. The highest BCUT2D eigenvalue weighted by molar-refractivity contribution is 5.97. The molecule has 0 spiro atoms. The number of piperidine rings is 1. The number of carbonyl (C=O) groups is 2. The SMILES string of the molecule is CC(=O)O.CN(CC1CCCCN1)C(=O)c1cc(OCC(F)(F)F)ccc1OCC(F)(F)F. The predicted octanol–water partition coefficient (Wildman–Crippen LogP) is 3.87. The zero-order valence-corrected chi connectivity index (χ0v) is 18.1. The Morgan fingerprint density at radius 3 is 2.18 bits per heavy atom. The number of ether oxygens (including phenoxy) is 2. The number of aliphatic carboxylic acids is 1. The van der Waals surface area contributed by atoms with Crippen LogP contribution >= 0.6 is 0 Å². The minimum Gasteiger partial charge on any atom is -0.484 e. The van der Waals surface area contributed by atoms with Crippen LogP contribution < -0.4 is 14.8 Å². The molecule has 1 unspecified atom stereocenters. The van der Waals surface area contributed by atoms with E-state index in [-0.39, 0.29) is 23.1 Å².